The van der Waals surface area contributed by atoms with Gasteiger partial charge in [0.1, 0.15) is 0 Å². The minimum absolute atomic E-state index is 0.00293. The van der Waals surface area contributed by atoms with Gasteiger partial charge in [0.2, 0.25) is 0 Å². The molecule has 20 heavy (non-hydrogen) atoms. The number of pyridine rings is 1. The minimum atomic E-state index is -0.0385. The van der Waals surface area contributed by atoms with E-state index in [9.17, 15) is 9.59 Å². The Balaban J connectivity index is 2.31. The van der Waals surface area contributed by atoms with Crippen molar-refractivity contribution in [3.05, 3.63) is 69.6 Å². The van der Waals surface area contributed by atoms with Crippen LogP contribution in [-0.4, -0.2) is 29.5 Å². The molecule has 0 radical (unpaired) electrons. The molecule has 2 rings (SSSR count). The van der Waals surface area contributed by atoms with Gasteiger partial charge in [0.05, 0.1) is 6.54 Å². The van der Waals surface area contributed by atoms with Crippen LogP contribution in [0.4, 0.5) is 0 Å². The molecule has 0 N–H and O–H groups in total. The monoisotopic (exact) mass is 270 g/mol. The van der Waals surface area contributed by atoms with E-state index in [1.807, 2.05) is 24.3 Å². The number of benzene rings is 1. The second-order valence-electron chi connectivity index (χ2n) is 5.02. The summed E-state index contributed by atoms with van der Waals surface area (Å²) < 4.78 is 1.65. The van der Waals surface area contributed by atoms with Crippen molar-refractivity contribution in [1.29, 1.82) is 0 Å². The molecule has 0 bridgehead atoms. The Morgan fingerprint density at radius 3 is 2.65 bits per heavy atom. The first-order valence-electron chi connectivity index (χ1n) is 6.45. The van der Waals surface area contributed by atoms with Gasteiger partial charge in [-0.15, -0.1) is 0 Å². The third kappa shape index (κ3) is 2.96. The lowest BCUT2D eigenvalue weighted by atomic mass is 10.1. The summed E-state index contributed by atoms with van der Waals surface area (Å²) in [7, 11) is 3.44. The number of hydrogen-bond donors (Lipinski definition) is 0. The molecular formula is C16H18N2O2. The average Bonchev–Trinajstić information content (AvgIpc) is 2.43. The van der Waals surface area contributed by atoms with Crippen LogP contribution >= 0.6 is 0 Å². The lowest BCUT2D eigenvalue weighted by molar-refractivity contribution is 0.0827. The summed E-state index contributed by atoms with van der Waals surface area (Å²) >= 11 is 0. The second kappa shape index (κ2) is 5.74. The highest BCUT2D eigenvalue weighted by molar-refractivity contribution is 5.94. The van der Waals surface area contributed by atoms with E-state index in [2.05, 4.69) is 0 Å². The molecule has 0 atom stereocenters. The number of carbonyl (C=O) groups excluding carboxylic acids is 1. The molecule has 0 saturated carbocycles. The zero-order chi connectivity index (χ0) is 14.7. The minimum Gasteiger partial charge on any atom is -0.345 e. The fourth-order valence-corrected chi connectivity index (χ4v) is 2.04. The molecule has 0 aliphatic carbocycles. The molecule has 1 aromatic carbocycles. The van der Waals surface area contributed by atoms with Gasteiger partial charge in [0, 0.05) is 31.4 Å². The van der Waals surface area contributed by atoms with E-state index in [-0.39, 0.29) is 11.5 Å². The summed E-state index contributed by atoms with van der Waals surface area (Å²) in [4.78, 5) is 25.5. The van der Waals surface area contributed by atoms with Crippen LogP contribution in [0.25, 0.3) is 0 Å². The first-order chi connectivity index (χ1) is 9.49. The van der Waals surface area contributed by atoms with Crippen LogP contribution in [0.5, 0.6) is 0 Å². The normalized spacial score (nSPS) is 10.3. The molecule has 0 aliphatic heterocycles. The predicted octanol–water partition coefficient (Wildman–Crippen LogP) is 1.91. The first-order valence-corrected chi connectivity index (χ1v) is 6.45. The number of nitrogens with zero attached hydrogens (tertiary/aromatic N) is 2. The van der Waals surface area contributed by atoms with Gasteiger partial charge in [0.15, 0.2) is 0 Å². The highest BCUT2D eigenvalue weighted by Gasteiger charge is 2.08. The van der Waals surface area contributed by atoms with E-state index in [0.29, 0.717) is 17.7 Å². The Kier molecular flexibility index (Phi) is 4.03. The molecule has 0 spiro atoms. The molecular weight excluding hydrogens is 252 g/mol. The summed E-state index contributed by atoms with van der Waals surface area (Å²) in [5, 5.41) is 0. The molecule has 0 unspecified atom stereocenters. The van der Waals surface area contributed by atoms with E-state index in [1.165, 1.54) is 4.90 Å². The van der Waals surface area contributed by atoms with Crippen LogP contribution in [0.1, 0.15) is 21.5 Å². The summed E-state index contributed by atoms with van der Waals surface area (Å²) in [5.74, 6) is -0.0385. The van der Waals surface area contributed by atoms with E-state index in [1.54, 1.807) is 43.9 Å². The van der Waals surface area contributed by atoms with Gasteiger partial charge in [-0.3, -0.25) is 9.59 Å². The van der Waals surface area contributed by atoms with Crippen LogP contribution in [0, 0.1) is 6.92 Å². The average molecular weight is 270 g/mol. The third-order valence-electron chi connectivity index (χ3n) is 3.14. The van der Waals surface area contributed by atoms with Crippen LogP contribution in [-0.2, 0) is 6.54 Å². The molecule has 1 aromatic heterocycles. The molecule has 1 heterocycles. The number of hydrogen-bond acceptors (Lipinski definition) is 2. The fraction of sp³-hybridized carbons (Fsp3) is 0.250. The SMILES string of the molecule is Cc1cccn(Cc2cccc(C(=O)N(C)C)c2)c1=O. The Morgan fingerprint density at radius 1 is 1.20 bits per heavy atom. The smallest absolute Gasteiger partial charge is 0.253 e. The van der Waals surface area contributed by atoms with Gasteiger partial charge in [0.25, 0.3) is 11.5 Å². The van der Waals surface area contributed by atoms with Crippen molar-refractivity contribution in [2.75, 3.05) is 14.1 Å². The van der Waals surface area contributed by atoms with Crippen LogP contribution in [0.2, 0.25) is 0 Å². The first kappa shape index (κ1) is 14.1. The van der Waals surface area contributed by atoms with Crippen LogP contribution < -0.4 is 5.56 Å². The molecule has 4 nitrogen and oxygen atoms in total. The molecule has 0 aliphatic rings. The number of aryl methyl sites for hydroxylation is 1. The van der Waals surface area contributed by atoms with Gasteiger partial charge in [-0.2, -0.15) is 0 Å². The topological polar surface area (TPSA) is 42.3 Å². The molecule has 1 amide bonds. The maximum atomic E-state index is 12.0. The van der Waals surface area contributed by atoms with E-state index in [0.717, 1.165) is 5.56 Å². The number of aromatic nitrogens is 1. The molecule has 4 heteroatoms. The van der Waals surface area contributed by atoms with Crippen LogP contribution in [0.15, 0.2) is 47.4 Å². The molecule has 104 valence electrons. The Morgan fingerprint density at radius 2 is 1.95 bits per heavy atom. The van der Waals surface area contributed by atoms with Gasteiger partial charge in [-0.1, -0.05) is 18.2 Å². The van der Waals surface area contributed by atoms with Crippen molar-refractivity contribution in [1.82, 2.24) is 9.47 Å². The standard InChI is InChI=1S/C16H18N2O2/c1-12-6-5-9-18(15(12)19)11-13-7-4-8-14(10-13)16(20)17(2)3/h4-10H,11H2,1-3H3. The molecule has 0 fully saturated rings. The van der Waals surface area contributed by atoms with Crippen molar-refractivity contribution in [2.45, 2.75) is 13.5 Å². The maximum Gasteiger partial charge on any atom is 0.253 e. The van der Waals surface area contributed by atoms with Crippen molar-refractivity contribution in [3.8, 4) is 0 Å². The van der Waals surface area contributed by atoms with Gasteiger partial charge >= 0.3 is 0 Å². The highest BCUT2D eigenvalue weighted by Crippen LogP contribution is 2.08. The van der Waals surface area contributed by atoms with E-state index >= 15 is 0 Å². The third-order valence-corrected chi connectivity index (χ3v) is 3.14. The maximum absolute atomic E-state index is 12.0. The zero-order valence-corrected chi connectivity index (χ0v) is 12.0. The summed E-state index contributed by atoms with van der Waals surface area (Å²) in [5.41, 5.74) is 2.28. The van der Waals surface area contributed by atoms with E-state index in [4.69, 9.17) is 0 Å². The van der Waals surface area contributed by atoms with Gasteiger partial charge < -0.3 is 9.47 Å². The van der Waals surface area contributed by atoms with Gasteiger partial charge in [-0.25, -0.2) is 0 Å². The summed E-state index contributed by atoms with van der Waals surface area (Å²) in [6.07, 6.45) is 1.76. The lowest BCUT2D eigenvalue weighted by Gasteiger charge is -2.12. The lowest BCUT2D eigenvalue weighted by Crippen LogP contribution is -2.23. The predicted molar refractivity (Wildman–Crippen MR) is 79.0 cm³/mol. The summed E-state index contributed by atoms with van der Waals surface area (Å²) in [6.45, 7) is 2.26. The number of rotatable bonds is 3. The zero-order valence-electron chi connectivity index (χ0n) is 12.0. The highest BCUT2D eigenvalue weighted by atomic mass is 16.2. The quantitative estimate of drug-likeness (QED) is 0.855. The molecule has 0 saturated heterocycles. The van der Waals surface area contributed by atoms with Crippen molar-refractivity contribution in [3.63, 3.8) is 0 Å². The Labute approximate surface area is 118 Å². The van der Waals surface area contributed by atoms with Gasteiger partial charge in [-0.05, 0) is 30.7 Å². The van der Waals surface area contributed by atoms with Crippen molar-refractivity contribution >= 4 is 5.91 Å². The Bertz CT molecular complexity index is 687. The van der Waals surface area contributed by atoms with Crippen LogP contribution in [0.3, 0.4) is 0 Å². The largest absolute Gasteiger partial charge is 0.345 e. The van der Waals surface area contributed by atoms with Crippen molar-refractivity contribution in [2.24, 2.45) is 0 Å². The summed E-state index contributed by atoms with van der Waals surface area (Å²) in [6, 6.07) is 11.0. The Hall–Kier alpha value is -2.36. The number of amides is 1. The fourth-order valence-electron chi connectivity index (χ4n) is 2.04. The molecule has 2 aromatic rings. The number of carbonyl (C=O) groups is 1. The van der Waals surface area contributed by atoms with Crippen molar-refractivity contribution < 1.29 is 4.79 Å². The second-order valence-corrected chi connectivity index (χ2v) is 5.02. The van der Waals surface area contributed by atoms with E-state index < -0.39 is 0 Å².